The van der Waals surface area contributed by atoms with Crippen molar-refractivity contribution in [1.82, 2.24) is 121 Å². The van der Waals surface area contributed by atoms with Crippen molar-refractivity contribution in [2.45, 2.75) is 121 Å². The van der Waals surface area contributed by atoms with Crippen LogP contribution in [0, 0.1) is 23.3 Å². The molecular weight excluding hydrogens is 1970 g/mol. The number of aliphatic hydroxyl groups excluding tert-OH is 4. The molecule has 0 bridgehead atoms. The Balaban J connectivity index is 0.000000225. The van der Waals surface area contributed by atoms with Gasteiger partial charge < -0.3 is 84.9 Å². The molecule has 4 fully saturated rings. The lowest BCUT2D eigenvalue weighted by Crippen LogP contribution is -2.54. The molecule has 59 heteroatoms. The van der Waals surface area contributed by atoms with E-state index >= 15 is 0 Å². The van der Waals surface area contributed by atoms with Crippen LogP contribution in [0.5, 0.6) is 0 Å². The van der Waals surface area contributed by atoms with Gasteiger partial charge >= 0.3 is 30.7 Å². The van der Waals surface area contributed by atoms with E-state index in [0.29, 0.717) is 28.9 Å². The number of alkyl halides is 12. The first-order chi connectivity index (χ1) is 65.9. The Kier molecular flexibility index (Phi) is 38.4. The highest BCUT2D eigenvalue weighted by Gasteiger charge is 2.43. The Morgan fingerprint density at radius 2 is 0.580 bits per heavy atom. The number of carboxylic acids is 1. The number of nitrogens with one attached hydrogen (secondary N) is 5. The quantitative estimate of drug-likeness (QED) is 0.0251. The van der Waals surface area contributed by atoms with Crippen LogP contribution in [0.1, 0.15) is 160 Å². The molecule has 0 radical (unpaired) electrons. The molecule has 772 valence electrons. The van der Waals surface area contributed by atoms with Crippen molar-refractivity contribution < 1.29 is 156 Å². The number of β-amino-alcohol motifs (C(OH)–C–C–N with tert-alkyl or cyclic N) is 4. The molecule has 10 N–H and O–H groups in total. The smallest absolute Gasteiger partial charge is 0.435 e. The normalized spacial score (nSPS) is 14.5. The molecule has 16 rings (SSSR count). The minimum atomic E-state index is -4.76. The molecule has 4 saturated heterocycles. The number of hydrogen-bond donors (Lipinski definition) is 10. The largest absolute Gasteiger partial charge is 0.481 e. The number of aliphatic hydroxyl groups is 4. The summed E-state index contributed by atoms with van der Waals surface area (Å²) in [6.45, 7) is 2.22. The van der Waals surface area contributed by atoms with Crippen molar-refractivity contribution in [3.05, 3.63) is 214 Å². The number of halogens is 17. The van der Waals surface area contributed by atoms with Crippen LogP contribution in [0.4, 0.5) is 74.1 Å². The first-order valence-corrected chi connectivity index (χ1v) is 41.7. The van der Waals surface area contributed by atoms with E-state index < -0.39 is 190 Å². The summed E-state index contributed by atoms with van der Waals surface area (Å²) in [5.41, 5.74) is -5.66. The number of benzene rings is 4. The van der Waals surface area contributed by atoms with E-state index in [1.165, 1.54) is 115 Å². The molecule has 0 aliphatic carbocycles. The monoisotopic (exact) mass is 2060 g/mol. The van der Waals surface area contributed by atoms with Gasteiger partial charge in [-0.15, -0.1) is 0 Å². The minimum Gasteiger partial charge on any atom is -0.481 e. The molecule has 4 aliphatic rings. The lowest BCUT2D eigenvalue weighted by Gasteiger charge is -2.36. The second-order valence-electron chi connectivity index (χ2n) is 30.6. The van der Waals surface area contributed by atoms with Crippen molar-refractivity contribution in [3.63, 3.8) is 0 Å². The fourth-order valence-electron chi connectivity index (χ4n) is 12.8. The average Bonchev–Trinajstić information content (AvgIpc) is 1.76. The van der Waals surface area contributed by atoms with Crippen molar-refractivity contribution in [1.29, 1.82) is 0 Å². The van der Waals surface area contributed by atoms with Gasteiger partial charge in [0.25, 0.3) is 23.6 Å². The van der Waals surface area contributed by atoms with Gasteiger partial charge in [-0.25, -0.2) is 17.6 Å². The summed E-state index contributed by atoms with van der Waals surface area (Å²) in [7, 11) is 4.63. The Morgan fingerprint density at radius 1 is 0.378 bits per heavy atom. The Bertz CT molecular complexity index is 5930. The van der Waals surface area contributed by atoms with Gasteiger partial charge in [-0.2, -0.15) is 96.9 Å². The number of aromatic nitrogens is 16. The fraction of sp³-hybridized carbons (Fsp3) is 0.381. The van der Waals surface area contributed by atoms with Gasteiger partial charge in [0.2, 0.25) is 64.6 Å². The predicted octanol–water partition coefficient (Wildman–Crippen LogP) is 9.74. The maximum absolute atomic E-state index is 13.5. The molecule has 12 heterocycles. The Labute approximate surface area is 800 Å². The van der Waals surface area contributed by atoms with Gasteiger partial charge in [-0.1, -0.05) is 91.4 Å². The van der Waals surface area contributed by atoms with Crippen LogP contribution >= 0.6 is 12.1 Å². The molecule has 4 atom stereocenters. The van der Waals surface area contributed by atoms with Crippen LogP contribution in [-0.2, 0) is 72.1 Å². The zero-order chi connectivity index (χ0) is 102. The standard InChI is InChI=1S/3C20H18F4N6O4.C17H13F4N5O4.C3H7NO.CH3FS.3CH4/c3*1-29-14(7-15(27-29)20(22,23)24)18(33)25-13(6-16(32)30-8-12(31)9-30)19-26-17(28-34-19)10-3-2-4-11(21)5-10;1-26-11(7-12(24-26)17(19,20)21)15(29)22-10(6-13(27)28)16-23-14(25-30-16)8-3-2-4-9(18)5-8;5-3-1-4-2-3;1-3-2;;;/h3*2-5,7,12-13,31H,6,8-9H2,1H3,(H,25,33);2-5,7,10H,6H2,1H3,(H,22,29)(H,27,28);3-5H,1-2H2;1H3;3*1H4/t2*13-;;;;;;;/m10......./s1. The number of nitrogens with zero attached hydrogens (tertiary/aromatic N) is 19. The third-order valence-corrected chi connectivity index (χ3v) is 20.0. The fourth-order valence-corrected chi connectivity index (χ4v) is 12.8. The van der Waals surface area contributed by atoms with Crippen LogP contribution in [-0.4, -0.2) is 250 Å². The van der Waals surface area contributed by atoms with Crippen LogP contribution in [0.15, 0.2) is 139 Å². The third kappa shape index (κ3) is 30.5. The number of rotatable bonds is 24. The summed E-state index contributed by atoms with van der Waals surface area (Å²) in [6.07, 6.45) is -21.5. The highest BCUT2D eigenvalue weighted by molar-refractivity contribution is 7.93. The van der Waals surface area contributed by atoms with Crippen LogP contribution < -0.4 is 26.6 Å². The molecular formula is C84H89F17N24O17S. The zero-order valence-corrected chi connectivity index (χ0v) is 73.4. The average molecular weight is 2060 g/mol. The van der Waals surface area contributed by atoms with Crippen LogP contribution in [0.2, 0.25) is 0 Å². The van der Waals surface area contributed by atoms with Crippen LogP contribution in [0.3, 0.4) is 0 Å². The van der Waals surface area contributed by atoms with E-state index in [2.05, 4.69) is 87.5 Å². The number of aryl methyl sites for hydroxylation is 4. The van der Waals surface area contributed by atoms with Crippen molar-refractivity contribution in [2.75, 3.05) is 58.6 Å². The molecule has 12 aromatic rings. The van der Waals surface area contributed by atoms with Gasteiger partial charge in [0, 0.05) is 145 Å². The molecule has 41 nitrogen and oxygen atoms in total. The molecule has 7 amide bonds. The van der Waals surface area contributed by atoms with Crippen molar-refractivity contribution in [3.8, 4) is 45.6 Å². The van der Waals surface area contributed by atoms with Gasteiger partial charge in [0.15, 0.2) is 22.8 Å². The van der Waals surface area contributed by atoms with E-state index in [9.17, 15) is 128 Å². The number of aliphatic carboxylic acids is 1. The van der Waals surface area contributed by atoms with Crippen molar-refractivity contribution in [2.24, 2.45) is 28.2 Å². The zero-order valence-electron chi connectivity index (χ0n) is 72.6. The second kappa shape index (κ2) is 48.4. The summed E-state index contributed by atoms with van der Waals surface area (Å²) in [6, 6.07) is 18.4. The molecule has 8 aromatic heterocycles. The van der Waals surface area contributed by atoms with Gasteiger partial charge in [-0.05, 0) is 48.5 Å². The van der Waals surface area contributed by atoms with E-state index in [1.54, 1.807) is 0 Å². The molecule has 143 heavy (non-hydrogen) atoms. The van der Waals surface area contributed by atoms with E-state index in [4.69, 9.17) is 28.3 Å². The summed E-state index contributed by atoms with van der Waals surface area (Å²) < 4.78 is 243. The molecule has 0 spiro atoms. The maximum atomic E-state index is 13.5. The number of likely N-dealkylation sites (tertiary alicyclic amines) is 3. The first-order valence-electron chi connectivity index (χ1n) is 40.6. The number of amides is 7. The maximum Gasteiger partial charge on any atom is 0.435 e. The number of hydrogen-bond acceptors (Lipinski definition) is 30. The highest BCUT2D eigenvalue weighted by Crippen LogP contribution is 2.36. The van der Waals surface area contributed by atoms with Gasteiger partial charge in [0.05, 0.1) is 50.1 Å². The Morgan fingerprint density at radius 3 is 0.741 bits per heavy atom. The summed E-state index contributed by atoms with van der Waals surface area (Å²) in [5, 5.41) is 86.2. The van der Waals surface area contributed by atoms with E-state index in [0.717, 1.165) is 58.4 Å². The predicted molar refractivity (Wildman–Crippen MR) is 460 cm³/mol. The summed E-state index contributed by atoms with van der Waals surface area (Å²) >= 11 is 0.250. The molecule has 0 saturated carbocycles. The second-order valence-corrected chi connectivity index (χ2v) is 31.0. The van der Waals surface area contributed by atoms with Crippen LogP contribution in [0.25, 0.3) is 45.6 Å². The molecule has 4 aromatic carbocycles. The molecule has 2 unspecified atom stereocenters. The SMILES string of the molecule is C.C.C.CSF.Cn1nc(C(F)(F)F)cc1C(=O)NC(CC(=O)N1CC(O)C1)c1nc(-c2cccc(F)c2)no1.Cn1nc(C(F)(F)F)cc1C(=O)NC(CC(=O)O)c1nc(-c2cccc(F)c2)no1.Cn1nc(C(F)(F)F)cc1C(=O)N[C@@H](CC(=O)N1CC(O)C1)c1nc(-c2cccc(F)c2)no1.Cn1nc(C(F)(F)F)cc1C(=O)N[C@H](CC(=O)N1CC(O)C1)c1nc(-c2cccc(F)c2)no1.OC1CNC1. The number of carbonyl (C=O) groups excluding carboxylic acids is 7. The number of carboxylic acid groups (broad SMARTS) is 1. The van der Waals surface area contributed by atoms with E-state index in [-0.39, 0.29) is 168 Å². The minimum absolute atomic E-state index is 0. The number of carbonyl (C=O) groups is 8. The lowest BCUT2D eigenvalue weighted by atomic mass is 10.1. The highest BCUT2D eigenvalue weighted by atomic mass is 32.2. The summed E-state index contributed by atoms with van der Waals surface area (Å²) in [5.74, 6) is -9.86. The first kappa shape index (κ1) is 113. The van der Waals surface area contributed by atoms with Gasteiger partial charge in [-0.3, -0.25) is 57.1 Å². The topological polar surface area (TPSA) is 535 Å². The molecule has 4 aliphatic heterocycles. The summed E-state index contributed by atoms with van der Waals surface area (Å²) in [4.78, 5) is 120. The van der Waals surface area contributed by atoms with Crippen molar-refractivity contribution >= 4 is 59.5 Å². The lowest BCUT2D eigenvalue weighted by molar-refractivity contribution is -0.142. The van der Waals surface area contributed by atoms with E-state index in [1.807, 2.05) is 0 Å². The van der Waals surface area contributed by atoms with Gasteiger partial charge in [0.1, 0.15) is 70.2 Å². The third-order valence-electron chi connectivity index (χ3n) is 20.0. The Hall–Kier alpha value is -15.0.